The fraction of sp³-hybridized carbons (Fsp3) is 0.312. The van der Waals surface area contributed by atoms with Crippen molar-refractivity contribution < 1.29 is 14.3 Å². The zero-order valence-corrected chi connectivity index (χ0v) is 13.6. The standard InChI is InChI=1S/C16H18BrNO3/c1-3-16(2,15(19)20)18-10-13-8-9-14(21-13)11-4-6-12(17)7-5-11/h4-9,18H,3,10H2,1-2H3,(H,19,20). The molecule has 21 heavy (non-hydrogen) atoms. The Labute approximate surface area is 132 Å². The number of rotatable bonds is 6. The second-order valence-corrected chi connectivity index (χ2v) is 6.03. The van der Waals surface area contributed by atoms with E-state index in [1.165, 1.54) is 0 Å². The first-order valence-electron chi connectivity index (χ1n) is 6.77. The molecule has 0 aliphatic rings. The van der Waals surface area contributed by atoms with Gasteiger partial charge in [0.1, 0.15) is 17.1 Å². The zero-order chi connectivity index (χ0) is 15.5. The normalized spacial score (nSPS) is 13.9. The minimum atomic E-state index is -0.940. The van der Waals surface area contributed by atoms with E-state index < -0.39 is 11.5 Å². The summed E-state index contributed by atoms with van der Waals surface area (Å²) in [6, 6.07) is 11.6. The lowest BCUT2D eigenvalue weighted by atomic mass is 9.99. The summed E-state index contributed by atoms with van der Waals surface area (Å²) in [5.74, 6) is 0.631. The molecule has 0 saturated carbocycles. The van der Waals surface area contributed by atoms with Crippen molar-refractivity contribution in [3.05, 3.63) is 46.6 Å². The van der Waals surface area contributed by atoms with Gasteiger partial charge in [0.05, 0.1) is 6.54 Å². The van der Waals surface area contributed by atoms with Gasteiger partial charge >= 0.3 is 5.97 Å². The Bertz CT molecular complexity index is 621. The molecule has 1 aromatic carbocycles. The molecule has 1 heterocycles. The molecule has 112 valence electrons. The van der Waals surface area contributed by atoms with Crippen LogP contribution in [0, 0.1) is 0 Å². The maximum absolute atomic E-state index is 11.2. The Kier molecular flexibility index (Phi) is 4.85. The number of nitrogens with one attached hydrogen (secondary N) is 1. The summed E-state index contributed by atoms with van der Waals surface area (Å²) in [7, 11) is 0. The minimum absolute atomic E-state index is 0.382. The van der Waals surface area contributed by atoms with Crippen LogP contribution in [0.4, 0.5) is 0 Å². The molecule has 5 heteroatoms. The van der Waals surface area contributed by atoms with Crippen LogP contribution in [-0.2, 0) is 11.3 Å². The van der Waals surface area contributed by atoms with Crippen molar-refractivity contribution in [2.24, 2.45) is 0 Å². The number of halogens is 1. The summed E-state index contributed by atoms with van der Waals surface area (Å²) in [5.41, 5.74) is 0.0471. The van der Waals surface area contributed by atoms with Crippen LogP contribution in [0.1, 0.15) is 26.0 Å². The van der Waals surface area contributed by atoms with Crippen LogP contribution in [0.5, 0.6) is 0 Å². The summed E-state index contributed by atoms with van der Waals surface area (Å²) < 4.78 is 6.77. The predicted molar refractivity (Wildman–Crippen MR) is 85.0 cm³/mol. The fourth-order valence-corrected chi connectivity index (χ4v) is 2.14. The molecule has 0 amide bonds. The smallest absolute Gasteiger partial charge is 0.323 e. The molecule has 1 atom stereocenters. The molecule has 0 aliphatic heterocycles. The predicted octanol–water partition coefficient (Wildman–Crippen LogP) is 4.05. The second kappa shape index (κ2) is 6.45. The third kappa shape index (κ3) is 3.74. The van der Waals surface area contributed by atoms with Gasteiger partial charge in [0.15, 0.2) is 0 Å². The fourth-order valence-electron chi connectivity index (χ4n) is 1.88. The molecule has 0 aliphatic carbocycles. The van der Waals surface area contributed by atoms with Gasteiger partial charge in [0.25, 0.3) is 0 Å². The first kappa shape index (κ1) is 15.8. The number of furan rings is 1. The first-order valence-corrected chi connectivity index (χ1v) is 7.57. The number of carboxylic acids is 1. The van der Waals surface area contributed by atoms with Gasteiger partial charge in [-0.3, -0.25) is 10.1 Å². The van der Waals surface area contributed by atoms with Crippen molar-refractivity contribution in [1.29, 1.82) is 0 Å². The summed E-state index contributed by atoms with van der Waals surface area (Å²) >= 11 is 3.40. The lowest BCUT2D eigenvalue weighted by molar-refractivity contribution is -0.144. The Morgan fingerprint density at radius 3 is 2.52 bits per heavy atom. The molecule has 0 fully saturated rings. The monoisotopic (exact) mass is 351 g/mol. The van der Waals surface area contributed by atoms with Crippen molar-refractivity contribution in [2.45, 2.75) is 32.4 Å². The van der Waals surface area contributed by atoms with E-state index in [9.17, 15) is 9.90 Å². The van der Waals surface area contributed by atoms with Crippen molar-refractivity contribution >= 4 is 21.9 Å². The highest BCUT2D eigenvalue weighted by molar-refractivity contribution is 9.10. The van der Waals surface area contributed by atoms with Crippen molar-refractivity contribution in [1.82, 2.24) is 5.32 Å². The molecule has 0 bridgehead atoms. The van der Waals surface area contributed by atoms with Crippen LogP contribution in [0.3, 0.4) is 0 Å². The molecule has 0 radical (unpaired) electrons. The lowest BCUT2D eigenvalue weighted by Crippen LogP contribution is -2.48. The van der Waals surface area contributed by atoms with Crippen LogP contribution >= 0.6 is 15.9 Å². The van der Waals surface area contributed by atoms with Crippen molar-refractivity contribution in [3.8, 4) is 11.3 Å². The number of carboxylic acid groups (broad SMARTS) is 1. The quantitative estimate of drug-likeness (QED) is 0.823. The second-order valence-electron chi connectivity index (χ2n) is 5.12. The molecule has 2 N–H and O–H groups in total. The van der Waals surface area contributed by atoms with Gasteiger partial charge in [-0.2, -0.15) is 0 Å². The van der Waals surface area contributed by atoms with Crippen LogP contribution < -0.4 is 5.32 Å². The van der Waals surface area contributed by atoms with Crippen LogP contribution in [0.25, 0.3) is 11.3 Å². The van der Waals surface area contributed by atoms with Gasteiger partial charge in [-0.05, 0) is 37.6 Å². The van der Waals surface area contributed by atoms with E-state index in [1.807, 2.05) is 43.3 Å². The van der Waals surface area contributed by atoms with Gasteiger partial charge in [0, 0.05) is 10.0 Å². The SMILES string of the molecule is CCC(C)(NCc1ccc(-c2ccc(Br)cc2)o1)C(=O)O. The van der Waals surface area contributed by atoms with E-state index in [4.69, 9.17) is 4.42 Å². The third-order valence-electron chi connectivity index (χ3n) is 3.62. The maximum Gasteiger partial charge on any atom is 0.323 e. The Morgan fingerprint density at radius 1 is 1.29 bits per heavy atom. The molecular weight excluding hydrogens is 334 g/mol. The number of carbonyl (C=O) groups is 1. The van der Waals surface area contributed by atoms with Gasteiger partial charge in [-0.15, -0.1) is 0 Å². The zero-order valence-electron chi connectivity index (χ0n) is 12.0. The highest BCUT2D eigenvalue weighted by Gasteiger charge is 2.30. The van der Waals surface area contributed by atoms with E-state index >= 15 is 0 Å². The minimum Gasteiger partial charge on any atom is -0.480 e. The average molecular weight is 352 g/mol. The molecule has 1 unspecified atom stereocenters. The number of hydrogen-bond donors (Lipinski definition) is 2. The van der Waals surface area contributed by atoms with Gasteiger partial charge in [-0.1, -0.05) is 35.0 Å². The Morgan fingerprint density at radius 2 is 1.95 bits per heavy atom. The number of hydrogen-bond acceptors (Lipinski definition) is 3. The summed E-state index contributed by atoms with van der Waals surface area (Å²) in [4.78, 5) is 11.2. The van der Waals surface area contributed by atoms with Gasteiger partial charge in [0.2, 0.25) is 0 Å². The molecule has 4 nitrogen and oxygen atoms in total. The lowest BCUT2D eigenvalue weighted by Gasteiger charge is -2.23. The van der Waals surface area contributed by atoms with E-state index in [1.54, 1.807) is 6.92 Å². The molecule has 2 aromatic rings. The van der Waals surface area contributed by atoms with Crippen molar-refractivity contribution in [2.75, 3.05) is 0 Å². The topological polar surface area (TPSA) is 62.5 Å². The summed E-state index contributed by atoms with van der Waals surface area (Å²) in [6.45, 7) is 3.90. The molecule has 0 spiro atoms. The van der Waals surface area contributed by atoms with Crippen molar-refractivity contribution in [3.63, 3.8) is 0 Å². The Balaban J connectivity index is 2.07. The highest BCUT2D eigenvalue weighted by Crippen LogP contribution is 2.24. The molecule has 0 saturated heterocycles. The van der Waals surface area contributed by atoms with Gasteiger partial charge in [-0.25, -0.2) is 0 Å². The number of benzene rings is 1. The molecule has 1 aromatic heterocycles. The highest BCUT2D eigenvalue weighted by atomic mass is 79.9. The van der Waals surface area contributed by atoms with E-state index in [0.29, 0.717) is 18.7 Å². The van der Waals surface area contributed by atoms with E-state index in [2.05, 4.69) is 21.2 Å². The summed E-state index contributed by atoms with van der Waals surface area (Å²) in [5, 5.41) is 12.3. The van der Waals surface area contributed by atoms with Crippen LogP contribution in [0.15, 0.2) is 45.3 Å². The summed E-state index contributed by atoms with van der Waals surface area (Å²) in [6.07, 6.45) is 0.503. The van der Waals surface area contributed by atoms with E-state index in [-0.39, 0.29) is 0 Å². The van der Waals surface area contributed by atoms with E-state index in [0.717, 1.165) is 15.8 Å². The van der Waals surface area contributed by atoms with Crippen LogP contribution in [-0.4, -0.2) is 16.6 Å². The number of aliphatic carboxylic acids is 1. The van der Waals surface area contributed by atoms with Gasteiger partial charge < -0.3 is 9.52 Å². The first-order chi connectivity index (χ1) is 9.94. The third-order valence-corrected chi connectivity index (χ3v) is 4.15. The molecular formula is C16H18BrNO3. The maximum atomic E-state index is 11.2. The Hall–Kier alpha value is -1.59. The largest absolute Gasteiger partial charge is 0.480 e. The average Bonchev–Trinajstić information content (AvgIpc) is 2.94. The molecule has 2 rings (SSSR count). The van der Waals surface area contributed by atoms with Crippen LogP contribution in [0.2, 0.25) is 0 Å².